The molecule has 0 unspecified atom stereocenters. The minimum absolute atomic E-state index is 0.0889. The number of hydrogen-bond donors (Lipinski definition) is 2. The summed E-state index contributed by atoms with van der Waals surface area (Å²) in [5, 5.41) is 11.9. The molecule has 0 bridgehead atoms. The fraction of sp³-hybridized carbons (Fsp3) is 0.700. The molecule has 0 aromatic carbocycles. The Morgan fingerprint density at radius 3 is 2.75 bits per heavy atom. The maximum Gasteiger partial charge on any atom is 0.405 e. The van der Waals surface area contributed by atoms with Gasteiger partial charge in [0, 0.05) is 6.54 Å². The van der Waals surface area contributed by atoms with Crippen LogP contribution in [0.5, 0.6) is 0 Å². The average Bonchev–Trinajstić information content (AvgIpc) is 2.80. The van der Waals surface area contributed by atoms with Crippen LogP contribution in [-0.4, -0.2) is 40.6 Å². The maximum atomic E-state index is 12.0. The zero-order chi connectivity index (χ0) is 15.2. The summed E-state index contributed by atoms with van der Waals surface area (Å²) in [6, 6.07) is 0. The molecule has 0 aliphatic heterocycles. The second kappa shape index (κ2) is 7.67. The zero-order valence-corrected chi connectivity index (χ0v) is 12.6. The smallest absolute Gasteiger partial charge is 0.355 e. The molecule has 2 N–H and O–H groups in total. The van der Waals surface area contributed by atoms with Crippen molar-refractivity contribution in [2.24, 2.45) is 0 Å². The van der Waals surface area contributed by atoms with Crippen LogP contribution in [0.25, 0.3) is 0 Å². The highest BCUT2D eigenvalue weighted by molar-refractivity contribution is 8.02. The molecule has 1 atom stereocenters. The summed E-state index contributed by atoms with van der Waals surface area (Å²) in [5.74, 6) is -0.128. The Kier molecular flexibility index (Phi) is 6.53. The van der Waals surface area contributed by atoms with E-state index in [0.717, 1.165) is 17.8 Å². The summed E-state index contributed by atoms with van der Waals surface area (Å²) < 4.78 is 36.5. The van der Waals surface area contributed by atoms with Crippen LogP contribution >= 0.6 is 23.1 Å². The lowest BCUT2D eigenvalue weighted by Gasteiger charge is -2.08. The van der Waals surface area contributed by atoms with E-state index in [0.29, 0.717) is 10.9 Å². The molecule has 5 nitrogen and oxygen atoms in total. The van der Waals surface area contributed by atoms with Crippen molar-refractivity contribution in [2.45, 2.75) is 36.0 Å². The molecule has 1 amide bonds. The van der Waals surface area contributed by atoms with Crippen LogP contribution in [0.2, 0.25) is 0 Å². The van der Waals surface area contributed by atoms with Gasteiger partial charge in [-0.15, -0.1) is 10.2 Å². The largest absolute Gasteiger partial charge is 0.405 e. The molecule has 0 radical (unpaired) electrons. The second-order valence-corrected chi connectivity index (χ2v) is 6.46. The zero-order valence-electron chi connectivity index (χ0n) is 11.0. The van der Waals surface area contributed by atoms with E-state index in [4.69, 9.17) is 0 Å². The number of carbonyl (C=O) groups is 1. The van der Waals surface area contributed by atoms with Gasteiger partial charge in [-0.1, -0.05) is 30.0 Å². The number of halogens is 3. The van der Waals surface area contributed by atoms with Gasteiger partial charge in [-0.05, 0) is 13.3 Å². The summed E-state index contributed by atoms with van der Waals surface area (Å²) in [7, 11) is 0. The van der Waals surface area contributed by atoms with Gasteiger partial charge in [-0.3, -0.25) is 4.79 Å². The third kappa shape index (κ3) is 6.42. The minimum atomic E-state index is -4.30. The van der Waals surface area contributed by atoms with Crippen LogP contribution in [0.1, 0.15) is 20.3 Å². The highest BCUT2D eigenvalue weighted by atomic mass is 32.2. The van der Waals surface area contributed by atoms with Crippen LogP contribution in [0.4, 0.5) is 18.3 Å². The molecule has 1 heterocycles. The first-order chi connectivity index (χ1) is 9.31. The molecule has 0 aliphatic rings. The van der Waals surface area contributed by atoms with Crippen LogP contribution < -0.4 is 10.6 Å². The number of carbonyl (C=O) groups excluding carboxylic acids is 1. The van der Waals surface area contributed by atoms with Crippen molar-refractivity contribution in [3.63, 3.8) is 0 Å². The Balaban J connectivity index is 2.45. The highest BCUT2D eigenvalue weighted by Crippen LogP contribution is 2.29. The van der Waals surface area contributed by atoms with Gasteiger partial charge in [0.15, 0.2) is 4.34 Å². The van der Waals surface area contributed by atoms with Crippen LogP contribution in [-0.2, 0) is 4.79 Å². The Morgan fingerprint density at radius 1 is 1.45 bits per heavy atom. The van der Waals surface area contributed by atoms with Crippen molar-refractivity contribution in [3.05, 3.63) is 0 Å². The molecule has 1 aromatic rings. The Bertz CT molecular complexity index is 438. The van der Waals surface area contributed by atoms with Gasteiger partial charge in [-0.2, -0.15) is 13.2 Å². The number of thioether (sulfide) groups is 1. The molecule has 1 aromatic heterocycles. The molecule has 0 spiro atoms. The van der Waals surface area contributed by atoms with Gasteiger partial charge >= 0.3 is 6.18 Å². The van der Waals surface area contributed by atoms with E-state index in [1.54, 1.807) is 6.92 Å². The van der Waals surface area contributed by atoms with E-state index >= 15 is 0 Å². The number of hydrogen-bond acceptors (Lipinski definition) is 6. The molecule has 20 heavy (non-hydrogen) atoms. The molecule has 114 valence electrons. The molecular formula is C10H15F3N4OS2. The predicted octanol–water partition coefficient (Wildman–Crippen LogP) is 2.52. The third-order valence-electron chi connectivity index (χ3n) is 2.04. The van der Waals surface area contributed by atoms with Gasteiger partial charge in [0.25, 0.3) is 0 Å². The lowest BCUT2D eigenvalue weighted by atomic mass is 10.4. The number of nitrogens with zero attached hydrogens (tertiary/aromatic N) is 2. The van der Waals surface area contributed by atoms with E-state index < -0.39 is 12.7 Å². The maximum absolute atomic E-state index is 12.0. The number of anilines is 1. The van der Waals surface area contributed by atoms with E-state index in [9.17, 15) is 18.0 Å². The highest BCUT2D eigenvalue weighted by Gasteiger charge is 2.27. The summed E-state index contributed by atoms with van der Waals surface area (Å²) in [6.45, 7) is 3.10. The third-order valence-corrected chi connectivity index (χ3v) is 4.11. The van der Waals surface area contributed by atoms with Gasteiger partial charge < -0.3 is 10.6 Å². The standard InChI is InChI=1S/C10H15F3N4OS2/c1-3-4-14-7(18)6(2)19-9-17-16-8(20-9)15-5-10(11,12)13/h6H,3-5H2,1-2H3,(H,14,18)(H,15,16)/t6-/m1/s1. The lowest BCUT2D eigenvalue weighted by Crippen LogP contribution is -2.31. The Morgan fingerprint density at radius 2 is 2.15 bits per heavy atom. The fourth-order valence-corrected chi connectivity index (χ4v) is 3.02. The fourth-order valence-electron chi connectivity index (χ4n) is 1.10. The van der Waals surface area contributed by atoms with Gasteiger partial charge in [-0.25, -0.2) is 0 Å². The van der Waals surface area contributed by atoms with E-state index in [-0.39, 0.29) is 16.3 Å². The van der Waals surface area contributed by atoms with Gasteiger partial charge in [0.2, 0.25) is 11.0 Å². The van der Waals surface area contributed by atoms with Crippen molar-refractivity contribution in [1.82, 2.24) is 15.5 Å². The first-order valence-electron chi connectivity index (χ1n) is 5.90. The number of nitrogens with one attached hydrogen (secondary N) is 2. The predicted molar refractivity (Wildman–Crippen MR) is 73.1 cm³/mol. The SMILES string of the molecule is CCCNC(=O)[C@@H](C)Sc1nnc(NCC(F)(F)F)s1. The summed E-state index contributed by atoms with van der Waals surface area (Å²) in [5.41, 5.74) is 0. The van der Waals surface area contributed by atoms with E-state index in [2.05, 4.69) is 20.8 Å². The molecule has 0 fully saturated rings. The number of amides is 1. The normalized spacial score (nSPS) is 13.1. The molecule has 0 saturated carbocycles. The second-order valence-electron chi connectivity index (χ2n) is 3.89. The van der Waals surface area contributed by atoms with Crippen molar-refractivity contribution >= 4 is 34.1 Å². The monoisotopic (exact) mass is 328 g/mol. The molecule has 1 rings (SSSR count). The lowest BCUT2D eigenvalue weighted by molar-refractivity contribution is -0.120. The Labute approximate surface area is 122 Å². The minimum Gasteiger partial charge on any atom is -0.355 e. The topological polar surface area (TPSA) is 66.9 Å². The summed E-state index contributed by atoms with van der Waals surface area (Å²) in [4.78, 5) is 11.6. The molecule has 0 aliphatic carbocycles. The van der Waals surface area contributed by atoms with E-state index in [1.807, 2.05) is 6.92 Å². The van der Waals surface area contributed by atoms with Crippen LogP contribution in [0.3, 0.4) is 0 Å². The molecular weight excluding hydrogens is 313 g/mol. The van der Waals surface area contributed by atoms with Gasteiger partial charge in [0.1, 0.15) is 6.54 Å². The summed E-state index contributed by atoms with van der Waals surface area (Å²) >= 11 is 2.16. The van der Waals surface area contributed by atoms with Crippen molar-refractivity contribution in [3.8, 4) is 0 Å². The summed E-state index contributed by atoms with van der Waals surface area (Å²) in [6.07, 6.45) is -3.46. The number of alkyl halides is 3. The first kappa shape index (κ1) is 17.0. The van der Waals surface area contributed by atoms with Gasteiger partial charge in [0.05, 0.1) is 5.25 Å². The number of aromatic nitrogens is 2. The average molecular weight is 328 g/mol. The van der Waals surface area contributed by atoms with Crippen LogP contribution in [0.15, 0.2) is 4.34 Å². The quantitative estimate of drug-likeness (QED) is 0.753. The van der Waals surface area contributed by atoms with Crippen LogP contribution in [0, 0.1) is 0 Å². The molecule has 0 saturated heterocycles. The van der Waals surface area contributed by atoms with Crippen molar-refractivity contribution in [2.75, 3.05) is 18.4 Å². The molecule has 10 heteroatoms. The first-order valence-corrected chi connectivity index (χ1v) is 7.60. The Hall–Kier alpha value is -1.03. The van der Waals surface area contributed by atoms with Crippen molar-refractivity contribution < 1.29 is 18.0 Å². The number of rotatable bonds is 7. The van der Waals surface area contributed by atoms with Crippen molar-refractivity contribution in [1.29, 1.82) is 0 Å². The van der Waals surface area contributed by atoms with E-state index in [1.165, 1.54) is 11.8 Å².